The van der Waals surface area contributed by atoms with E-state index in [4.69, 9.17) is 6.42 Å². The zero-order valence-electron chi connectivity index (χ0n) is 8.86. The van der Waals surface area contributed by atoms with E-state index in [1.165, 1.54) is 0 Å². The van der Waals surface area contributed by atoms with Crippen LogP contribution < -0.4 is 5.32 Å². The third-order valence-electron chi connectivity index (χ3n) is 2.00. The van der Waals surface area contributed by atoms with E-state index in [-0.39, 0.29) is 5.78 Å². The van der Waals surface area contributed by atoms with Crippen LogP contribution in [0.5, 0.6) is 0 Å². The molecule has 80 valence electrons. The van der Waals surface area contributed by atoms with Crippen molar-refractivity contribution in [3.8, 4) is 12.3 Å². The number of rotatable bonds is 6. The zero-order chi connectivity index (χ0) is 11.1. The van der Waals surface area contributed by atoms with Crippen molar-refractivity contribution in [2.75, 3.05) is 13.1 Å². The summed E-state index contributed by atoms with van der Waals surface area (Å²) in [6.45, 7) is 0.795. The fraction of sp³-hybridized carbons (Fsp3) is 0.455. The Morgan fingerprint density at radius 3 is 3.13 bits per heavy atom. The summed E-state index contributed by atoms with van der Waals surface area (Å²) in [6, 6.07) is 0. The highest BCUT2D eigenvalue weighted by Crippen LogP contribution is 2.00. The van der Waals surface area contributed by atoms with Crippen LogP contribution in [-0.4, -0.2) is 28.7 Å². The van der Waals surface area contributed by atoms with Gasteiger partial charge in [-0.15, -0.1) is 6.42 Å². The van der Waals surface area contributed by atoms with Gasteiger partial charge in [0.2, 0.25) is 0 Å². The lowest BCUT2D eigenvalue weighted by Crippen LogP contribution is -2.23. The highest BCUT2D eigenvalue weighted by atomic mass is 16.1. The molecule has 4 heteroatoms. The van der Waals surface area contributed by atoms with Gasteiger partial charge in [0.1, 0.15) is 5.78 Å². The Bertz CT molecular complexity index is 362. The molecule has 0 fully saturated rings. The summed E-state index contributed by atoms with van der Waals surface area (Å²) in [7, 11) is 1.86. The lowest BCUT2D eigenvalue weighted by molar-refractivity contribution is -0.118. The number of Topliss-reactive ketones (excluding diaryl/α,β-unsaturated/α-hetero) is 1. The van der Waals surface area contributed by atoms with Crippen LogP contribution in [0.15, 0.2) is 12.4 Å². The lowest BCUT2D eigenvalue weighted by atomic mass is 10.1. The molecule has 1 N–H and O–H groups in total. The Hall–Kier alpha value is -1.60. The highest BCUT2D eigenvalue weighted by Gasteiger charge is 2.02. The number of nitrogens with one attached hydrogen (secondary N) is 1. The quantitative estimate of drug-likeness (QED) is 0.531. The number of ketones is 1. The molecule has 15 heavy (non-hydrogen) atoms. The lowest BCUT2D eigenvalue weighted by Gasteiger charge is -1.99. The van der Waals surface area contributed by atoms with E-state index in [0.717, 1.165) is 12.0 Å². The van der Waals surface area contributed by atoms with Gasteiger partial charge in [0.05, 0.1) is 19.3 Å². The molecule has 0 unspecified atom stereocenters. The molecular formula is C11H15N3O. The molecule has 0 spiro atoms. The normalized spacial score (nSPS) is 9.87. The second-order valence-corrected chi connectivity index (χ2v) is 3.37. The maximum atomic E-state index is 11.3. The van der Waals surface area contributed by atoms with Crippen LogP contribution >= 0.6 is 0 Å². The number of carbonyl (C=O) groups excluding carboxylic acids is 1. The van der Waals surface area contributed by atoms with Gasteiger partial charge in [0.15, 0.2) is 0 Å². The molecule has 0 aliphatic rings. The van der Waals surface area contributed by atoms with Crippen LogP contribution in [0, 0.1) is 12.3 Å². The number of aromatic nitrogens is 2. The largest absolute Gasteiger partial charge is 0.299 e. The van der Waals surface area contributed by atoms with E-state index < -0.39 is 0 Å². The molecule has 0 atom stereocenters. The molecule has 4 nitrogen and oxygen atoms in total. The Balaban J connectivity index is 2.20. The second-order valence-electron chi connectivity index (χ2n) is 3.37. The fourth-order valence-electron chi connectivity index (χ4n) is 1.25. The third-order valence-corrected chi connectivity index (χ3v) is 2.00. The first kappa shape index (κ1) is 11.5. The van der Waals surface area contributed by atoms with E-state index in [0.29, 0.717) is 19.5 Å². The predicted molar refractivity (Wildman–Crippen MR) is 58.2 cm³/mol. The van der Waals surface area contributed by atoms with E-state index in [9.17, 15) is 4.79 Å². The summed E-state index contributed by atoms with van der Waals surface area (Å²) in [5, 5.41) is 6.90. The number of hydrogen-bond acceptors (Lipinski definition) is 3. The SMILES string of the molecule is C#CCNCC(=O)CCc1cnn(C)c1. The minimum Gasteiger partial charge on any atom is -0.299 e. The molecule has 0 aliphatic carbocycles. The van der Waals surface area contributed by atoms with E-state index >= 15 is 0 Å². The summed E-state index contributed by atoms with van der Waals surface area (Å²) in [6.07, 6.45) is 10.0. The average Bonchev–Trinajstić information content (AvgIpc) is 2.62. The number of nitrogens with zero attached hydrogens (tertiary/aromatic N) is 2. The van der Waals surface area contributed by atoms with Crippen LogP contribution in [0.25, 0.3) is 0 Å². The first-order valence-corrected chi connectivity index (χ1v) is 4.86. The second kappa shape index (κ2) is 5.99. The number of carbonyl (C=O) groups is 1. The predicted octanol–water partition coefficient (Wildman–Crippen LogP) is 0.145. The van der Waals surface area contributed by atoms with Crippen molar-refractivity contribution in [3.63, 3.8) is 0 Å². The number of hydrogen-bond donors (Lipinski definition) is 1. The van der Waals surface area contributed by atoms with Gasteiger partial charge in [-0.25, -0.2) is 0 Å². The molecule has 0 saturated heterocycles. The van der Waals surface area contributed by atoms with Crippen LogP contribution in [-0.2, 0) is 18.3 Å². The average molecular weight is 205 g/mol. The van der Waals surface area contributed by atoms with Crippen molar-refractivity contribution in [2.45, 2.75) is 12.8 Å². The number of terminal acetylenes is 1. The van der Waals surface area contributed by atoms with Crippen molar-refractivity contribution in [3.05, 3.63) is 18.0 Å². The molecule has 1 heterocycles. The highest BCUT2D eigenvalue weighted by molar-refractivity contribution is 5.80. The van der Waals surface area contributed by atoms with E-state index in [1.54, 1.807) is 10.9 Å². The molecule has 0 bridgehead atoms. The van der Waals surface area contributed by atoms with Crippen molar-refractivity contribution in [1.29, 1.82) is 0 Å². The smallest absolute Gasteiger partial charge is 0.146 e. The van der Waals surface area contributed by atoms with Crippen molar-refractivity contribution in [1.82, 2.24) is 15.1 Å². The topological polar surface area (TPSA) is 46.9 Å². The molecule has 1 aromatic rings. The van der Waals surface area contributed by atoms with Crippen molar-refractivity contribution < 1.29 is 4.79 Å². The molecule has 0 radical (unpaired) electrons. The van der Waals surface area contributed by atoms with Gasteiger partial charge in [-0.2, -0.15) is 5.10 Å². The zero-order valence-corrected chi connectivity index (χ0v) is 8.86. The summed E-state index contributed by atoms with van der Waals surface area (Å²) in [4.78, 5) is 11.3. The standard InChI is InChI=1S/C11H15N3O/c1-3-6-12-8-11(15)5-4-10-7-13-14(2)9-10/h1,7,9,12H,4-6,8H2,2H3. The van der Waals surface area contributed by atoms with E-state index in [1.807, 2.05) is 13.2 Å². The summed E-state index contributed by atoms with van der Waals surface area (Å²) >= 11 is 0. The Kier molecular flexibility index (Phi) is 4.58. The Labute approximate surface area is 89.7 Å². The van der Waals surface area contributed by atoms with Crippen LogP contribution in [0.4, 0.5) is 0 Å². The molecular weight excluding hydrogens is 190 g/mol. The van der Waals surface area contributed by atoms with E-state index in [2.05, 4.69) is 16.3 Å². The van der Waals surface area contributed by atoms with Crippen LogP contribution in [0.2, 0.25) is 0 Å². The van der Waals surface area contributed by atoms with Crippen LogP contribution in [0.1, 0.15) is 12.0 Å². The third kappa shape index (κ3) is 4.43. The van der Waals surface area contributed by atoms with Gasteiger partial charge >= 0.3 is 0 Å². The van der Waals surface area contributed by atoms with Gasteiger partial charge in [-0.1, -0.05) is 5.92 Å². The molecule has 0 aromatic carbocycles. The van der Waals surface area contributed by atoms with Crippen LogP contribution in [0.3, 0.4) is 0 Å². The minimum absolute atomic E-state index is 0.175. The maximum absolute atomic E-state index is 11.3. The molecule has 1 rings (SSSR count). The molecule has 1 aromatic heterocycles. The molecule has 0 aliphatic heterocycles. The first-order chi connectivity index (χ1) is 7.22. The summed E-state index contributed by atoms with van der Waals surface area (Å²) < 4.78 is 1.73. The molecule has 0 amide bonds. The van der Waals surface area contributed by atoms with Gasteiger partial charge in [0.25, 0.3) is 0 Å². The Morgan fingerprint density at radius 2 is 2.53 bits per heavy atom. The fourth-order valence-corrected chi connectivity index (χ4v) is 1.25. The monoisotopic (exact) mass is 205 g/mol. The van der Waals surface area contributed by atoms with Gasteiger partial charge in [-0.05, 0) is 12.0 Å². The van der Waals surface area contributed by atoms with Gasteiger partial charge in [-0.3, -0.25) is 14.8 Å². The van der Waals surface area contributed by atoms with Crippen molar-refractivity contribution in [2.24, 2.45) is 7.05 Å². The van der Waals surface area contributed by atoms with Gasteiger partial charge < -0.3 is 0 Å². The van der Waals surface area contributed by atoms with Gasteiger partial charge in [0, 0.05) is 19.7 Å². The summed E-state index contributed by atoms with van der Waals surface area (Å²) in [5.41, 5.74) is 1.09. The minimum atomic E-state index is 0.175. The van der Waals surface area contributed by atoms with Crippen molar-refractivity contribution >= 4 is 5.78 Å². The molecule has 0 saturated carbocycles. The number of aryl methyl sites for hydroxylation is 2. The Morgan fingerprint density at radius 1 is 1.73 bits per heavy atom. The summed E-state index contributed by atoms with van der Waals surface area (Å²) in [5.74, 6) is 2.60. The maximum Gasteiger partial charge on any atom is 0.146 e. The first-order valence-electron chi connectivity index (χ1n) is 4.86.